The summed E-state index contributed by atoms with van der Waals surface area (Å²) in [6.07, 6.45) is 13.0. The van der Waals surface area contributed by atoms with E-state index in [-0.39, 0.29) is 10.8 Å². The number of esters is 1. The van der Waals surface area contributed by atoms with Crippen LogP contribution in [0, 0.1) is 23.2 Å². The van der Waals surface area contributed by atoms with Crippen molar-refractivity contribution in [1.29, 1.82) is 0 Å². The second-order valence-corrected chi connectivity index (χ2v) is 9.64. The lowest BCUT2D eigenvalue weighted by Crippen LogP contribution is -2.48. The minimum Gasteiger partial charge on any atom is -0.465 e. The molecule has 3 nitrogen and oxygen atoms in total. The van der Waals surface area contributed by atoms with E-state index in [1.807, 2.05) is 6.92 Å². The van der Waals surface area contributed by atoms with E-state index in [0.29, 0.717) is 12.0 Å². The van der Waals surface area contributed by atoms with Gasteiger partial charge < -0.3 is 9.47 Å². The zero-order chi connectivity index (χ0) is 17.0. The molecule has 0 aromatic rings. The van der Waals surface area contributed by atoms with E-state index in [9.17, 15) is 4.79 Å². The average Bonchev–Trinajstić information content (AvgIpc) is 2.52. The molecule has 0 aliphatic heterocycles. The van der Waals surface area contributed by atoms with Crippen molar-refractivity contribution < 1.29 is 14.3 Å². The Morgan fingerprint density at radius 1 is 1.08 bits per heavy atom. The van der Waals surface area contributed by atoms with Gasteiger partial charge in [-0.25, -0.2) is 0 Å². The first-order chi connectivity index (χ1) is 11.6. The van der Waals surface area contributed by atoms with Crippen molar-refractivity contribution in [3.8, 4) is 0 Å². The van der Waals surface area contributed by atoms with Gasteiger partial charge in [-0.3, -0.25) is 4.79 Å². The molecule has 24 heavy (non-hydrogen) atoms. The Bertz CT molecular complexity index is 388. The highest BCUT2D eigenvalue weighted by Crippen LogP contribution is 2.60. The molecule has 4 aliphatic rings. The van der Waals surface area contributed by atoms with Crippen LogP contribution in [0.1, 0.15) is 71.1 Å². The molecule has 4 aliphatic carbocycles. The molecule has 0 saturated heterocycles. The van der Waals surface area contributed by atoms with Crippen LogP contribution in [0.15, 0.2) is 0 Å². The van der Waals surface area contributed by atoms with E-state index in [1.165, 1.54) is 38.5 Å². The summed E-state index contributed by atoms with van der Waals surface area (Å²) < 4.78 is 11.1. The average molecular weight is 401 g/mol. The number of ether oxygens (including phenoxy) is 2. The fourth-order valence-electron chi connectivity index (χ4n) is 5.81. The van der Waals surface area contributed by atoms with Crippen LogP contribution in [0.4, 0.5) is 0 Å². The lowest BCUT2D eigenvalue weighted by molar-refractivity contribution is -0.142. The maximum atomic E-state index is 11.5. The van der Waals surface area contributed by atoms with E-state index < -0.39 is 0 Å². The number of halogens is 1. The van der Waals surface area contributed by atoms with Crippen molar-refractivity contribution in [2.45, 2.75) is 76.0 Å². The third kappa shape index (κ3) is 4.75. The molecular formula is C20H33BrO3. The molecule has 0 N–H and O–H groups in total. The highest BCUT2D eigenvalue weighted by molar-refractivity contribution is 9.10. The third-order valence-electron chi connectivity index (χ3n) is 6.36. The molecule has 0 heterocycles. The van der Waals surface area contributed by atoms with Gasteiger partial charge in [0.2, 0.25) is 0 Å². The number of rotatable bonds is 10. The van der Waals surface area contributed by atoms with Gasteiger partial charge in [-0.15, -0.1) is 0 Å². The zero-order valence-electron chi connectivity index (χ0n) is 15.1. The largest absolute Gasteiger partial charge is 0.465 e. The van der Waals surface area contributed by atoms with Crippen molar-refractivity contribution in [2.24, 2.45) is 23.2 Å². The number of unbranched alkanes of at least 4 members (excludes halogenated alkanes) is 2. The van der Waals surface area contributed by atoms with Gasteiger partial charge in [0.15, 0.2) is 0 Å². The molecule has 0 aromatic heterocycles. The maximum absolute atomic E-state index is 11.5. The molecule has 4 heteroatoms. The van der Waals surface area contributed by atoms with Gasteiger partial charge in [0.25, 0.3) is 0 Å². The van der Waals surface area contributed by atoms with Crippen molar-refractivity contribution in [3.63, 3.8) is 0 Å². The minimum absolute atomic E-state index is 0.129. The van der Waals surface area contributed by atoms with Gasteiger partial charge in [-0.2, -0.15) is 0 Å². The number of alkyl halides is 1. The summed E-state index contributed by atoms with van der Waals surface area (Å²) >= 11 is 3.41. The normalized spacial score (nSPS) is 35.2. The molecule has 0 unspecified atom stereocenters. The molecule has 0 radical (unpaired) electrons. The van der Waals surface area contributed by atoms with Crippen LogP contribution in [0.3, 0.4) is 0 Å². The Balaban J connectivity index is 1.25. The third-order valence-corrected chi connectivity index (χ3v) is 7.19. The van der Waals surface area contributed by atoms with Crippen molar-refractivity contribution >= 4 is 21.9 Å². The van der Waals surface area contributed by atoms with Gasteiger partial charge in [0.1, 0.15) is 4.83 Å². The van der Waals surface area contributed by atoms with Crippen LogP contribution in [0.5, 0.6) is 0 Å². The van der Waals surface area contributed by atoms with Crippen LogP contribution in [-0.2, 0) is 14.3 Å². The zero-order valence-corrected chi connectivity index (χ0v) is 16.7. The predicted molar refractivity (Wildman–Crippen MR) is 99.2 cm³/mol. The summed E-state index contributed by atoms with van der Waals surface area (Å²) in [6.45, 7) is 4.19. The van der Waals surface area contributed by atoms with Crippen LogP contribution >= 0.6 is 15.9 Å². The molecule has 4 saturated carbocycles. The molecule has 0 amide bonds. The standard InChI is InChI=1S/C20H33BrO3/c1-2-24-19(22)18(21)6-4-3-5-7-23-14-20-11-15-8-16(12-20)10-17(9-15)13-20/h15-18H,2-14H2,1H3/t15?,16?,17?,18-,20?/m0/s1. The number of carbonyl (C=O) groups excluding carboxylic acids is 1. The highest BCUT2D eigenvalue weighted by atomic mass is 79.9. The molecule has 0 aromatic carbocycles. The monoisotopic (exact) mass is 400 g/mol. The maximum Gasteiger partial charge on any atom is 0.319 e. The Labute approximate surface area is 155 Å². The lowest BCUT2D eigenvalue weighted by Gasteiger charge is -2.56. The topological polar surface area (TPSA) is 35.5 Å². The SMILES string of the molecule is CCOC(=O)[C@@H](Br)CCCCCOCC12CC3CC(CC(C3)C1)C2. The van der Waals surface area contributed by atoms with Crippen molar-refractivity contribution in [2.75, 3.05) is 19.8 Å². The second kappa shape index (κ2) is 8.53. The van der Waals surface area contributed by atoms with E-state index in [1.54, 1.807) is 0 Å². The summed E-state index contributed by atoms with van der Waals surface area (Å²) in [4.78, 5) is 11.4. The van der Waals surface area contributed by atoms with Crippen molar-refractivity contribution in [3.05, 3.63) is 0 Å². The minimum atomic E-state index is -0.148. The molecular weight excluding hydrogens is 368 g/mol. The van der Waals surface area contributed by atoms with E-state index in [2.05, 4.69) is 15.9 Å². The van der Waals surface area contributed by atoms with Gasteiger partial charge in [-0.05, 0) is 81.5 Å². The Kier molecular flexibility index (Phi) is 6.64. The number of carbonyl (C=O) groups is 1. The first kappa shape index (κ1) is 18.7. The van der Waals surface area contributed by atoms with E-state index in [0.717, 1.165) is 56.7 Å². The van der Waals surface area contributed by atoms with Crippen LogP contribution in [0.2, 0.25) is 0 Å². The molecule has 4 bridgehead atoms. The van der Waals surface area contributed by atoms with Crippen LogP contribution < -0.4 is 0 Å². The van der Waals surface area contributed by atoms with Gasteiger partial charge in [-0.1, -0.05) is 28.8 Å². The summed E-state index contributed by atoms with van der Waals surface area (Å²) in [7, 11) is 0. The fraction of sp³-hybridized carbons (Fsp3) is 0.950. The van der Waals surface area contributed by atoms with Crippen molar-refractivity contribution in [1.82, 2.24) is 0 Å². The summed E-state index contributed by atoms with van der Waals surface area (Å²) in [6, 6.07) is 0. The first-order valence-corrected chi connectivity index (χ1v) is 10.9. The number of hydrogen-bond acceptors (Lipinski definition) is 3. The summed E-state index contributed by atoms with van der Waals surface area (Å²) in [5.41, 5.74) is 0.541. The molecule has 0 spiro atoms. The predicted octanol–water partition coefficient (Wildman–Crippen LogP) is 5.11. The molecule has 138 valence electrons. The van der Waals surface area contributed by atoms with E-state index in [4.69, 9.17) is 9.47 Å². The fourth-order valence-corrected chi connectivity index (χ4v) is 6.27. The van der Waals surface area contributed by atoms with E-state index >= 15 is 0 Å². The first-order valence-electron chi connectivity index (χ1n) is 9.98. The number of hydrogen-bond donors (Lipinski definition) is 0. The van der Waals surface area contributed by atoms with Crippen LogP contribution in [0.25, 0.3) is 0 Å². The summed E-state index contributed by atoms with van der Waals surface area (Å²) in [5.74, 6) is 2.91. The lowest BCUT2D eigenvalue weighted by atomic mass is 9.50. The van der Waals surface area contributed by atoms with Gasteiger partial charge >= 0.3 is 5.97 Å². The Morgan fingerprint density at radius 2 is 1.71 bits per heavy atom. The second-order valence-electron chi connectivity index (χ2n) is 8.54. The van der Waals surface area contributed by atoms with Gasteiger partial charge in [0.05, 0.1) is 13.2 Å². The quantitative estimate of drug-likeness (QED) is 0.290. The summed E-state index contributed by atoms with van der Waals surface area (Å²) in [5, 5.41) is 0. The molecule has 4 rings (SSSR count). The van der Waals surface area contributed by atoms with Gasteiger partial charge in [0, 0.05) is 6.61 Å². The van der Waals surface area contributed by atoms with Crippen LogP contribution in [-0.4, -0.2) is 30.6 Å². The Hall–Kier alpha value is -0.0900. The molecule has 4 fully saturated rings. The smallest absolute Gasteiger partial charge is 0.319 e. The highest BCUT2D eigenvalue weighted by Gasteiger charge is 2.50. The Morgan fingerprint density at radius 3 is 2.29 bits per heavy atom. The molecule has 1 atom stereocenters.